The molecule has 0 aliphatic carbocycles. The molecule has 0 saturated carbocycles. The molecule has 1 aliphatic rings. The molecule has 1 fully saturated rings. The predicted octanol–water partition coefficient (Wildman–Crippen LogP) is 4.98. The van der Waals surface area contributed by atoms with Crippen molar-refractivity contribution in [3.63, 3.8) is 0 Å². The van der Waals surface area contributed by atoms with Crippen molar-refractivity contribution in [1.82, 2.24) is 0 Å². The number of anilines is 1. The number of ketones is 1. The van der Waals surface area contributed by atoms with E-state index in [1.165, 1.54) is 4.90 Å². The van der Waals surface area contributed by atoms with Crippen molar-refractivity contribution in [1.29, 1.82) is 5.26 Å². The first-order valence-electron chi connectivity index (χ1n) is 11.1. The number of carbonyl (C=O) groups excluding carboxylic acids is 2. The van der Waals surface area contributed by atoms with Gasteiger partial charge in [-0.3, -0.25) is 14.5 Å². The van der Waals surface area contributed by atoms with Crippen LogP contribution in [0.4, 0.5) is 5.69 Å². The summed E-state index contributed by atoms with van der Waals surface area (Å²) in [5, 5.41) is 20.4. The van der Waals surface area contributed by atoms with Gasteiger partial charge in [-0.25, -0.2) is 0 Å². The third-order valence-corrected chi connectivity index (χ3v) is 5.63. The summed E-state index contributed by atoms with van der Waals surface area (Å²) >= 11 is 0. The molecule has 7 heteroatoms. The van der Waals surface area contributed by atoms with Gasteiger partial charge in [0.2, 0.25) is 0 Å². The van der Waals surface area contributed by atoms with Crippen molar-refractivity contribution in [2.45, 2.75) is 26.0 Å². The second kappa shape index (κ2) is 9.74. The van der Waals surface area contributed by atoms with Crippen LogP contribution < -0.4 is 14.4 Å². The number of hydrogen-bond acceptors (Lipinski definition) is 6. The zero-order valence-corrected chi connectivity index (χ0v) is 19.6. The van der Waals surface area contributed by atoms with E-state index in [1.54, 1.807) is 79.9 Å². The molecule has 1 amide bonds. The first-order valence-corrected chi connectivity index (χ1v) is 11.1. The highest BCUT2D eigenvalue weighted by Crippen LogP contribution is 2.42. The molecule has 7 nitrogen and oxygen atoms in total. The Hall–Kier alpha value is -4.57. The molecule has 4 rings (SSSR count). The quantitative estimate of drug-likeness (QED) is 0.311. The van der Waals surface area contributed by atoms with Crippen LogP contribution in [0.1, 0.15) is 36.6 Å². The van der Waals surface area contributed by atoms with Crippen LogP contribution in [0, 0.1) is 11.3 Å². The SMILES string of the molecule is COc1ccc(C2/C(=C(/O)c3cccc(OC(C)C)c3)C(=O)C(=O)N2c2ccc(C#N)cc2)cc1. The minimum absolute atomic E-state index is 0.0359. The monoisotopic (exact) mass is 468 g/mol. The molecule has 3 aromatic rings. The Bertz CT molecular complexity index is 1340. The maximum Gasteiger partial charge on any atom is 0.300 e. The molecule has 1 unspecified atom stereocenters. The molecule has 1 saturated heterocycles. The van der Waals surface area contributed by atoms with Gasteiger partial charge >= 0.3 is 0 Å². The smallest absolute Gasteiger partial charge is 0.300 e. The summed E-state index contributed by atoms with van der Waals surface area (Å²) in [7, 11) is 1.55. The van der Waals surface area contributed by atoms with E-state index < -0.39 is 17.7 Å². The summed E-state index contributed by atoms with van der Waals surface area (Å²) in [4.78, 5) is 27.9. The fourth-order valence-corrected chi connectivity index (χ4v) is 4.04. The van der Waals surface area contributed by atoms with Gasteiger partial charge in [0.1, 0.15) is 17.3 Å². The zero-order chi connectivity index (χ0) is 25.1. The molecule has 3 aromatic carbocycles. The number of benzene rings is 3. The number of nitriles is 1. The highest BCUT2D eigenvalue weighted by atomic mass is 16.5. The van der Waals surface area contributed by atoms with E-state index in [1.807, 2.05) is 19.9 Å². The van der Waals surface area contributed by atoms with Crippen molar-refractivity contribution in [3.8, 4) is 17.6 Å². The lowest BCUT2D eigenvalue weighted by Gasteiger charge is -2.25. The maximum absolute atomic E-state index is 13.3. The largest absolute Gasteiger partial charge is 0.507 e. The Morgan fingerprint density at radius 1 is 1.00 bits per heavy atom. The molecule has 1 aliphatic heterocycles. The van der Waals surface area contributed by atoms with Crippen molar-refractivity contribution >= 4 is 23.1 Å². The number of aliphatic hydroxyl groups is 1. The topological polar surface area (TPSA) is 99.9 Å². The Kier molecular flexibility index (Phi) is 6.56. The molecule has 1 heterocycles. The Balaban J connectivity index is 1.89. The number of nitrogens with zero attached hydrogens (tertiary/aromatic N) is 2. The van der Waals surface area contributed by atoms with E-state index in [0.29, 0.717) is 33.9 Å². The van der Waals surface area contributed by atoms with Gasteiger partial charge in [0.25, 0.3) is 11.7 Å². The van der Waals surface area contributed by atoms with Crippen LogP contribution in [-0.2, 0) is 9.59 Å². The zero-order valence-electron chi connectivity index (χ0n) is 19.6. The highest BCUT2D eigenvalue weighted by molar-refractivity contribution is 6.51. The van der Waals surface area contributed by atoms with Crippen LogP contribution in [0.25, 0.3) is 5.76 Å². The average molecular weight is 469 g/mol. The average Bonchev–Trinajstić information content (AvgIpc) is 3.13. The molecule has 0 bridgehead atoms. The number of hydrogen-bond donors (Lipinski definition) is 1. The Morgan fingerprint density at radius 3 is 2.29 bits per heavy atom. The van der Waals surface area contributed by atoms with E-state index in [9.17, 15) is 14.7 Å². The van der Waals surface area contributed by atoms with E-state index in [2.05, 4.69) is 0 Å². The minimum atomic E-state index is -0.886. The van der Waals surface area contributed by atoms with Gasteiger partial charge in [0.05, 0.1) is 36.5 Å². The third kappa shape index (κ3) is 4.59. The molecule has 35 heavy (non-hydrogen) atoms. The first-order chi connectivity index (χ1) is 16.8. The van der Waals surface area contributed by atoms with Gasteiger partial charge in [-0.1, -0.05) is 24.3 Å². The number of carbonyl (C=O) groups is 2. The summed E-state index contributed by atoms with van der Waals surface area (Å²) in [5.74, 6) is -0.724. The van der Waals surface area contributed by atoms with Gasteiger partial charge < -0.3 is 14.6 Å². The van der Waals surface area contributed by atoms with Crippen molar-refractivity contribution in [2.75, 3.05) is 12.0 Å². The standard InChI is InChI=1S/C28H24N2O5/c1-17(2)35-23-6-4-5-20(15-23)26(31)24-25(19-9-13-22(34-3)14-10-19)30(28(33)27(24)32)21-11-7-18(16-29)8-12-21/h4-15,17,25,31H,1-3H3/b26-24-. The summed E-state index contributed by atoms with van der Waals surface area (Å²) < 4.78 is 11.0. The normalized spacial score (nSPS) is 16.9. The Labute approximate surface area is 203 Å². The number of amides is 1. The van der Waals surface area contributed by atoms with E-state index >= 15 is 0 Å². The fourth-order valence-electron chi connectivity index (χ4n) is 4.04. The van der Waals surface area contributed by atoms with Gasteiger partial charge in [-0.05, 0) is 67.9 Å². The van der Waals surface area contributed by atoms with E-state index in [-0.39, 0.29) is 17.4 Å². The summed E-state index contributed by atoms with van der Waals surface area (Å²) in [6.45, 7) is 3.78. The summed E-state index contributed by atoms with van der Waals surface area (Å²) in [5.41, 5.74) is 1.80. The number of rotatable bonds is 6. The lowest BCUT2D eigenvalue weighted by Crippen LogP contribution is -2.29. The van der Waals surface area contributed by atoms with Crippen LogP contribution in [0.15, 0.2) is 78.4 Å². The lowest BCUT2D eigenvalue weighted by molar-refractivity contribution is -0.132. The molecule has 0 aromatic heterocycles. The Morgan fingerprint density at radius 2 is 1.69 bits per heavy atom. The lowest BCUT2D eigenvalue weighted by atomic mass is 9.95. The van der Waals surface area contributed by atoms with E-state index in [0.717, 1.165) is 0 Å². The molecule has 176 valence electrons. The van der Waals surface area contributed by atoms with Crippen LogP contribution in [0.5, 0.6) is 11.5 Å². The fraction of sp³-hybridized carbons (Fsp3) is 0.179. The molecular formula is C28H24N2O5. The molecule has 1 N–H and O–H groups in total. The van der Waals surface area contributed by atoms with Crippen molar-refractivity contribution in [3.05, 3.63) is 95.1 Å². The number of ether oxygens (including phenoxy) is 2. The molecular weight excluding hydrogens is 444 g/mol. The second-order valence-electron chi connectivity index (χ2n) is 8.30. The maximum atomic E-state index is 13.3. The van der Waals surface area contributed by atoms with Gasteiger partial charge in [0.15, 0.2) is 0 Å². The molecule has 0 radical (unpaired) electrons. The first kappa shape index (κ1) is 23.6. The van der Waals surface area contributed by atoms with Crippen molar-refractivity contribution < 1.29 is 24.2 Å². The predicted molar refractivity (Wildman–Crippen MR) is 131 cm³/mol. The van der Waals surface area contributed by atoms with Gasteiger partial charge in [-0.15, -0.1) is 0 Å². The number of methoxy groups -OCH3 is 1. The van der Waals surface area contributed by atoms with Crippen molar-refractivity contribution in [2.24, 2.45) is 0 Å². The summed E-state index contributed by atoms with van der Waals surface area (Å²) in [6.07, 6.45) is -0.0753. The third-order valence-electron chi connectivity index (χ3n) is 5.63. The van der Waals surface area contributed by atoms with Gasteiger partial charge in [-0.2, -0.15) is 5.26 Å². The van der Waals surface area contributed by atoms with Crippen LogP contribution in [0.2, 0.25) is 0 Å². The van der Waals surface area contributed by atoms with Crippen LogP contribution in [0.3, 0.4) is 0 Å². The molecule has 1 atom stereocenters. The van der Waals surface area contributed by atoms with Crippen LogP contribution in [-0.4, -0.2) is 30.0 Å². The summed E-state index contributed by atoms with van der Waals surface area (Å²) in [6, 6.07) is 21.2. The highest BCUT2D eigenvalue weighted by Gasteiger charge is 2.47. The number of aliphatic hydroxyl groups excluding tert-OH is 1. The number of Topliss-reactive ketones (excluding diaryl/α,β-unsaturated/α-hetero) is 1. The van der Waals surface area contributed by atoms with Crippen LogP contribution >= 0.6 is 0 Å². The molecule has 0 spiro atoms. The minimum Gasteiger partial charge on any atom is -0.507 e. The second-order valence-corrected chi connectivity index (χ2v) is 8.30. The van der Waals surface area contributed by atoms with Gasteiger partial charge in [0, 0.05) is 11.3 Å². The van der Waals surface area contributed by atoms with E-state index in [4.69, 9.17) is 14.7 Å².